The van der Waals surface area contributed by atoms with E-state index < -0.39 is 0 Å². The molecule has 0 aliphatic rings. The molecule has 1 aromatic rings. The molecule has 0 aliphatic carbocycles. The van der Waals surface area contributed by atoms with Crippen molar-refractivity contribution in [2.24, 2.45) is 0 Å². The van der Waals surface area contributed by atoms with E-state index in [2.05, 4.69) is 6.58 Å². The number of nitrogen functional groups attached to an aromatic ring is 1. The molecule has 0 heterocycles. The van der Waals surface area contributed by atoms with Crippen molar-refractivity contribution in [3.8, 4) is 0 Å². The van der Waals surface area contributed by atoms with E-state index in [4.69, 9.17) is 5.73 Å². The van der Waals surface area contributed by atoms with Crippen molar-refractivity contribution in [1.29, 1.82) is 0 Å². The van der Waals surface area contributed by atoms with E-state index in [0.29, 0.717) is 11.3 Å². The molecule has 11 heavy (non-hydrogen) atoms. The number of rotatable bonds is 2. The molecular formula is C9H9NO. The lowest BCUT2D eigenvalue weighted by atomic mass is 10.1. The van der Waals surface area contributed by atoms with Gasteiger partial charge in [-0.3, -0.25) is 4.79 Å². The lowest BCUT2D eigenvalue weighted by Gasteiger charge is -1.94. The fourth-order valence-electron chi connectivity index (χ4n) is 0.765. The van der Waals surface area contributed by atoms with Gasteiger partial charge in [-0.15, -0.1) is 0 Å². The summed E-state index contributed by atoms with van der Waals surface area (Å²) in [5.41, 5.74) is 6.71. The molecule has 2 N–H and O–H groups in total. The number of hydrogen-bond donors (Lipinski definition) is 1. The largest absolute Gasteiger partial charge is 0.399 e. The summed E-state index contributed by atoms with van der Waals surface area (Å²) in [5, 5.41) is 0. The third kappa shape index (κ3) is 1.67. The Labute approximate surface area is 65.3 Å². The van der Waals surface area contributed by atoms with Gasteiger partial charge in [-0.25, -0.2) is 0 Å². The molecule has 2 nitrogen and oxygen atoms in total. The van der Waals surface area contributed by atoms with Crippen molar-refractivity contribution in [2.45, 2.75) is 0 Å². The Kier molecular flexibility index (Phi) is 2.06. The third-order valence-electron chi connectivity index (χ3n) is 1.38. The number of hydrogen-bond acceptors (Lipinski definition) is 2. The summed E-state index contributed by atoms with van der Waals surface area (Å²) in [6.45, 7) is 3.38. The van der Waals surface area contributed by atoms with Gasteiger partial charge in [-0.1, -0.05) is 6.58 Å². The van der Waals surface area contributed by atoms with Crippen LogP contribution in [0.15, 0.2) is 36.9 Å². The molecule has 0 aromatic heterocycles. The van der Waals surface area contributed by atoms with E-state index in [9.17, 15) is 4.79 Å². The Balaban J connectivity index is 2.98. The second kappa shape index (κ2) is 3.01. The molecule has 0 bridgehead atoms. The van der Waals surface area contributed by atoms with E-state index in [-0.39, 0.29) is 5.78 Å². The molecule has 0 saturated heterocycles. The van der Waals surface area contributed by atoms with Gasteiger partial charge in [0.15, 0.2) is 5.78 Å². The van der Waals surface area contributed by atoms with Gasteiger partial charge in [0, 0.05) is 11.3 Å². The highest BCUT2D eigenvalue weighted by atomic mass is 16.1. The molecule has 0 fully saturated rings. The van der Waals surface area contributed by atoms with Crippen molar-refractivity contribution in [3.05, 3.63) is 42.5 Å². The lowest BCUT2D eigenvalue weighted by molar-refractivity contribution is 0.104. The van der Waals surface area contributed by atoms with Crippen molar-refractivity contribution < 1.29 is 4.79 Å². The highest BCUT2D eigenvalue weighted by Crippen LogP contribution is 2.05. The summed E-state index contributed by atoms with van der Waals surface area (Å²) in [6.07, 6.45) is 1.28. The number of ketones is 1. The van der Waals surface area contributed by atoms with Crippen LogP contribution in [-0.2, 0) is 0 Å². The predicted octanol–water partition coefficient (Wildman–Crippen LogP) is 1.64. The van der Waals surface area contributed by atoms with Gasteiger partial charge < -0.3 is 5.73 Å². The van der Waals surface area contributed by atoms with Gasteiger partial charge in [0.25, 0.3) is 0 Å². The lowest BCUT2D eigenvalue weighted by Crippen LogP contribution is -1.93. The van der Waals surface area contributed by atoms with Gasteiger partial charge in [0.05, 0.1) is 0 Å². The first kappa shape index (κ1) is 7.54. The molecule has 2 heteroatoms. The molecule has 0 unspecified atom stereocenters. The Morgan fingerprint density at radius 2 is 1.91 bits per heavy atom. The summed E-state index contributed by atoms with van der Waals surface area (Å²) in [7, 11) is 0. The Hall–Kier alpha value is -1.57. The molecule has 56 valence electrons. The molecule has 1 aromatic carbocycles. The Morgan fingerprint density at radius 3 is 2.36 bits per heavy atom. The van der Waals surface area contributed by atoms with Crippen LogP contribution in [0.25, 0.3) is 0 Å². The van der Waals surface area contributed by atoms with Crippen LogP contribution in [-0.4, -0.2) is 5.78 Å². The Morgan fingerprint density at radius 1 is 1.36 bits per heavy atom. The second-order valence-electron chi connectivity index (χ2n) is 2.19. The number of nitrogens with two attached hydrogens (primary N) is 1. The summed E-state index contributed by atoms with van der Waals surface area (Å²) in [4.78, 5) is 11.0. The number of benzene rings is 1. The van der Waals surface area contributed by atoms with Gasteiger partial charge in [-0.2, -0.15) is 0 Å². The monoisotopic (exact) mass is 147 g/mol. The van der Waals surface area contributed by atoms with Gasteiger partial charge in [0.2, 0.25) is 0 Å². The molecule has 1 rings (SSSR count). The fraction of sp³-hybridized carbons (Fsp3) is 0. The van der Waals surface area contributed by atoms with Crippen LogP contribution in [0.1, 0.15) is 10.4 Å². The maximum absolute atomic E-state index is 11.0. The average molecular weight is 147 g/mol. The summed E-state index contributed by atoms with van der Waals surface area (Å²) < 4.78 is 0. The maximum Gasteiger partial charge on any atom is 0.185 e. The first-order valence-corrected chi connectivity index (χ1v) is 3.26. The standard InChI is InChI=1S/C9H9NO/c1-2-9(11)7-3-5-8(10)6-4-7/h2-6H,1,10H2. The molecule has 0 atom stereocenters. The van der Waals surface area contributed by atoms with Crippen molar-refractivity contribution in [2.75, 3.05) is 5.73 Å². The summed E-state index contributed by atoms with van der Waals surface area (Å²) in [6, 6.07) is 6.74. The van der Waals surface area contributed by atoms with E-state index in [1.54, 1.807) is 24.3 Å². The quantitative estimate of drug-likeness (QED) is 0.392. The van der Waals surface area contributed by atoms with Crippen molar-refractivity contribution in [1.82, 2.24) is 0 Å². The predicted molar refractivity (Wildman–Crippen MR) is 45.4 cm³/mol. The topological polar surface area (TPSA) is 43.1 Å². The van der Waals surface area contributed by atoms with E-state index >= 15 is 0 Å². The molecule has 0 aliphatic heterocycles. The van der Waals surface area contributed by atoms with Gasteiger partial charge >= 0.3 is 0 Å². The van der Waals surface area contributed by atoms with Crippen molar-refractivity contribution in [3.63, 3.8) is 0 Å². The SMILES string of the molecule is C=CC(=O)c1ccc(N)cc1. The summed E-state index contributed by atoms with van der Waals surface area (Å²) in [5.74, 6) is -0.0787. The summed E-state index contributed by atoms with van der Waals surface area (Å²) >= 11 is 0. The smallest absolute Gasteiger partial charge is 0.185 e. The molecule has 0 radical (unpaired) electrons. The van der Waals surface area contributed by atoms with Gasteiger partial charge in [-0.05, 0) is 30.3 Å². The molecule has 0 spiro atoms. The number of allylic oxidation sites excluding steroid dienone is 1. The zero-order valence-electron chi connectivity index (χ0n) is 6.08. The Bertz CT molecular complexity index is 274. The van der Waals surface area contributed by atoms with Crippen LogP contribution in [0.2, 0.25) is 0 Å². The zero-order chi connectivity index (χ0) is 8.27. The number of anilines is 1. The maximum atomic E-state index is 11.0. The number of carbonyl (C=O) groups is 1. The van der Waals surface area contributed by atoms with Crippen LogP contribution in [0.4, 0.5) is 5.69 Å². The minimum absolute atomic E-state index is 0.0787. The second-order valence-corrected chi connectivity index (χ2v) is 2.19. The van der Waals surface area contributed by atoms with Crippen LogP contribution < -0.4 is 5.73 Å². The molecule has 0 saturated carbocycles. The normalized spacial score (nSPS) is 9.09. The fourth-order valence-corrected chi connectivity index (χ4v) is 0.765. The number of carbonyl (C=O) groups excluding carboxylic acids is 1. The average Bonchev–Trinajstić information content (AvgIpc) is 2.05. The molecular weight excluding hydrogens is 138 g/mol. The highest BCUT2D eigenvalue weighted by molar-refractivity contribution is 6.04. The highest BCUT2D eigenvalue weighted by Gasteiger charge is 1.97. The minimum atomic E-state index is -0.0787. The van der Waals surface area contributed by atoms with Crippen LogP contribution >= 0.6 is 0 Å². The van der Waals surface area contributed by atoms with Gasteiger partial charge in [0.1, 0.15) is 0 Å². The van der Waals surface area contributed by atoms with Crippen LogP contribution in [0.5, 0.6) is 0 Å². The van der Waals surface area contributed by atoms with Crippen molar-refractivity contribution >= 4 is 11.5 Å². The van der Waals surface area contributed by atoms with E-state index in [0.717, 1.165) is 0 Å². The molecule has 0 amide bonds. The first-order valence-electron chi connectivity index (χ1n) is 3.26. The zero-order valence-corrected chi connectivity index (χ0v) is 6.08. The minimum Gasteiger partial charge on any atom is -0.399 e. The van der Waals surface area contributed by atoms with Crippen LogP contribution in [0.3, 0.4) is 0 Å². The van der Waals surface area contributed by atoms with Crippen LogP contribution in [0, 0.1) is 0 Å². The first-order chi connectivity index (χ1) is 5.24. The van der Waals surface area contributed by atoms with E-state index in [1.165, 1.54) is 6.08 Å². The third-order valence-corrected chi connectivity index (χ3v) is 1.38. The van der Waals surface area contributed by atoms with E-state index in [1.807, 2.05) is 0 Å².